The lowest BCUT2D eigenvalue weighted by Crippen LogP contribution is -2.55. The normalized spacial score (nSPS) is 32.2. The molecule has 18 heavy (non-hydrogen) atoms. The highest BCUT2D eigenvalue weighted by Gasteiger charge is 2.42. The Morgan fingerprint density at radius 3 is 2.72 bits per heavy atom. The lowest BCUT2D eigenvalue weighted by atomic mass is 9.71. The van der Waals surface area contributed by atoms with Crippen LogP contribution in [0, 0.1) is 11.8 Å². The molecule has 0 spiro atoms. The fourth-order valence-electron chi connectivity index (χ4n) is 3.36. The molecule has 3 heteroatoms. The van der Waals surface area contributed by atoms with Gasteiger partial charge < -0.3 is 15.2 Å². The molecule has 1 fully saturated rings. The molecule has 4 atom stereocenters. The van der Waals surface area contributed by atoms with Gasteiger partial charge in [-0.15, -0.1) is 0 Å². The van der Waals surface area contributed by atoms with Crippen LogP contribution >= 0.6 is 0 Å². The SMILES string of the molecule is CCOC1(C(N)C(C)CCOC)CCCC(C)C1. The Morgan fingerprint density at radius 1 is 1.44 bits per heavy atom. The summed E-state index contributed by atoms with van der Waals surface area (Å²) < 4.78 is 11.3. The fraction of sp³-hybridized carbons (Fsp3) is 1.00. The van der Waals surface area contributed by atoms with Crippen molar-refractivity contribution < 1.29 is 9.47 Å². The van der Waals surface area contributed by atoms with Crippen LogP contribution in [0.4, 0.5) is 0 Å². The highest BCUT2D eigenvalue weighted by molar-refractivity contribution is 4.97. The van der Waals surface area contributed by atoms with E-state index in [1.165, 1.54) is 12.8 Å². The maximum Gasteiger partial charge on any atom is 0.0837 e. The first-order chi connectivity index (χ1) is 8.55. The predicted octanol–water partition coefficient (Wildman–Crippen LogP) is 2.97. The van der Waals surface area contributed by atoms with Crippen LogP contribution in [0.2, 0.25) is 0 Å². The maximum absolute atomic E-state index is 6.54. The predicted molar refractivity (Wildman–Crippen MR) is 75.6 cm³/mol. The molecular weight excluding hydrogens is 226 g/mol. The van der Waals surface area contributed by atoms with Crippen molar-refractivity contribution in [2.75, 3.05) is 20.3 Å². The summed E-state index contributed by atoms with van der Waals surface area (Å²) in [7, 11) is 1.75. The summed E-state index contributed by atoms with van der Waals surface area (Å²) in [6, 6.07) is 0.121. The molecule has 1 aliphatic rings. The molecular formula is C15H31NO2. The number of nitrogens with two attached hydrogens (primary N) is 1. The molecule has 4 unspecified atom stereocenters. The van der Waals surface area contributed by atoms with Gasteiger partial charge in [0.1, 0.15) is 0 Å². The second kappa shape index (κ2) is 7.46. The highest BCUT2D eigenvalue weighted by Crippen LogP contribution is 2.39. The molecule has 0 bridgehead atoms. The first-order valence-electron chi connectivity index (χ1n) is 7.44. The summed E-state index contributed by atoms with van der Waals surface area (Å²) in [6.07, 6.45) is 5.80. The van der Waals surface area contributed by atoms with E-state index in [0.717, 1.165) is 38.4 Å². The fourth-order valence-corrected chi connectivity index (χ4v) is 3.36. The van der Waals surface area contributed by atoms with E-state index < -0.39 is 0 Å². The molecule has 0 aromatic rings. The Kier molecular flexibility index (Phi) is 6.61. The average molecular weight is 257 g/mol. The van der Waals surface area contributed by atoms with Crippen LogP contribution in [0.25, 0.3) is 0 Å². The number of ether oxygens (including phenoxy) is 2. The second-order valence-corrected chi connectivity index (χ2v) is 5.98. The molecule has 0 aliphatic heterocycles. The van der Waals surface area contributed by atoms with Crippen molar-refractivity contribution in [1.29, 1.82) is 0 Å². The van der Waals surface area contributed by atoms with E-state index in [0.29, 0.717) is 5.92 Å². The molecule has 0 aromatic carbocycles. The van der Waals surface area contributed by atoms with E-state index in [1.54, 1.807) is 7.11 Å². The Labute approximate surface area is 112 Å². The second-order valence-electron chi connectivity index (χ2n) is 5.98. The zero-order valence-corrected chi connectivity index (χ0v) is 12.6. The van der Waals surface area contributed by atoms with Gasteiger partial charge in [0.25, 0.3) is 0 Å². The summed E-state index contributed by atoms with van der Waals surface area (Å²) in [5.74, 6) is 1.17. The van der Waals surface area contributed by atoms with Gasteiger partial charge in [-0.05, 0) is 38.0 Å². The number of rotatable bonds is 7. The van der Waals surface area contributed by atoms with Crippen LogP contribution in [0.3, 0.4) is 0 Å². The van der Waals surface area contributed by atoms with Gasteiger partial charge >= 0.3 is 0 Å². The molecule has 0 amide bonds. The number of methoxy groups -OCH3 is 1. The summed E-state index contributed by atoms with van der Waals surface area (Å²) in [5, 5.41) is 0. The molecule has 0 aromatic heterocycles. The van der Waals surface area contributed by atoms with Crippen LogP contribution in [-0.2, 0) is 9.47 Å². The minimum Gasteiger partial charge on any atom is -0.385 e. The molecule has 1 aliphatic carbocycles. The van der Waals surface area contributed by atoms with Crippen LogP contribution in [0.5, 0.6) is 0 Å². The summed E-state index contributed by atoms with van der Waals surface area (Å²) in [5.41, 5.74) is 6.44. The molecule has 0 saturated heterocycles. The third kappa shape index (κ3) is 3.94. The minimum atomic E-state index is -0.0976. The van der Waals surface area contributed by atoms with E-state index in [1.807, 2.05) is 0 Å². The van der Waals surface area contributed by atoms with Crippen LogP contribution in [-0.4, -0.2) is 32.0 Å². The summed E-state index contributed by atoms with van der Waals surface area (Å²) >= 11 is 0. The van der Waals surface area contributed by atoms with Crippen molar-refractivity contribution in [3.63, 3.8) is 0 Å². The zero-order chi connectivity index (χ0) is 13.6. The minimum absolute atomic E-state index is 0.0976. The van der Waals surface area contributed by atoms with E-state index in [-0.39, 0.29) is 11.6 Å². The third-order valence-electron chi connectivity index (χ3n) is 4.42. The lowest BCUT2D eigenvalue weighted by molar-refractivity contribution is -0.104. The van der Waals surface area contributed by atoms with E-state index >= 15 is 0 Å². The van der Waals surface area contributed by atoms with Crippen molar-refractivity contribution in [2.45, 2.75) is 64.5 Å². The van der Waals surface area contributed by atoms with Crippen LogP contribution in [0.1, 0.15) is 52.9 Å². The van der Waals surface area contributed by atoms with E-state index in [4.69, 9.17) is 15.2 Å². The standard InChI is InChI=1S/C15H31NO2/c1-5-18-15(9-6-7-12(2)11-15)14(16)13(3)8-10-17-4/h12-14H,5-11,16H2,1-4H3. The molecule has 2 N–H and O–H groups in total. The van der Waals surface area contributed by atoms with Gasteiger partial charge in [-0.3, -0.25) is 0 Å². The monoisotopic (exact) mass is 257 g/mol. The van der Waals surface area contributed by atoms with Crippen LogP contribution in [0.15, 0.2) is 0 Å². The van der Waals surface area contributed by atoms with Gasteiger partial charge in [0.2, 0.25) is 0 Å². The Bertz CT molecular complexity index is 231. The van der Waals surface area contributed by atoms with Gasteiger partial charge in [0, 0.05) is 26.4 Å². The Hall–Kier alpha value is -0.120. The summed E-state index contributed by atoms with van der Waals surface area (Å²) in [6.45, 7) is 8.17. The molecule has 1 saturated carbocycles. The molecule has 108 valence electrons. The molecule has 0 heterocycles. The van der Waals surface area contributed by atoms with Crippen molar-refractivity contribution in [1.82, 2.24) is 0 Å². The molecule has 0 radical (unpaired) electrons. The largest absolute Gasteiger partial charge is 0.385 e. The van der Waals surface area contributed by atoms with Crippen LogP contribution < -0.4 is 5.73 Å². The number of hydrogen-bond donors (Lipinski definition) is 1. The van der Waals surface area contributed by atoms with Crippen molar-refractivity contribution in [3.8, 4) is 0 Å². The Balaban J connectivity index is 2.69. The first kappa shape index (κ1) is 15.9. The van der Waals surface area contributed by atoms with Gasteiger partial charge in [0.15, 0.2) is 0 Å². The van der Waals surface area contributed by atoms with Gasteiger partial charge in [-0.25, -0.2) is 0 Å². The topological polar surface area (TPSA) is 44.5 Å². The van der Waals surface area contributed by atoms with Gasteiger partial charge in [-0.1, -0.05) is 26.7 Å². The van der Waals surface area contributed by atoms with Crippen molar-refractivity contribution in [2.24, 2.45) is 17.6 Å². The lowest BCUT2D eigenvalue weighted by Gasteiger charge is -2.46. The van der Waals surface area contributed by atoms with Crippen molar-refractivity contribution in [3.05, 3.63) is 0 Å². The van der Waals surface area contributed by atoms with E-state index in [9.17, 15) is 0 Å². The quantitative estimate of drug-likeness (QED) is 0.762. The number of hydrogen-bond acceptors (Lipinski definition) is 3. The van der Waals surface area contributed by atoms with Gasteiger partial charge in [-0.2, -0.15) is 0 Å². The molecule has 1 rings (SSSR count). The zero-order valence-electron chi connectivity index (χ0n) is 12.6. The van der Waals surface area contributed by atoms with Crippen molar-refractivity contribution >= 4 is 0 Å². The Morgan fingerprint density at radius 2 is 2.17 bits per heavy atom. The third-order valence-corrected chi connectivity index (χ3v) is 4.42. The molecule has 3 nitrogen and oxygen atoms in total. The average Bonchev–Trinajstić information content (AvgIpc) is 2.35. The maximum atomic E-state index is 6.54. The van der Waals surface area contributed by atoms with Gasteiger partial charge in [0.05, 0.1) is 5.60 Å². The smallest absolute Gasteiger partial charge is 0.0837 e. The first-order valence-corrected chi connectivity index (χ1v) is 7.44. The highest BCUT2D eigenvalue weighted by atomic mass is 16.5. The summed E-state index contributed by atoms with van der Waals surface area (Å²) in [4.78, 5) is 0. The van der Waals surface area contributed by atoms with E-state index in [2.05, 4.69) is 20.8 Å².